The maximum atomic E-state index is 12.4. The summed E-state index contributed by atoms with van der Waals surface area (Å²) in [5.41, 5.74) is -0.765. The zero-order valence-corrected chi connectivity index (χ0v) is 13.8. The molecule has 1 saturated heterocycles. The van der Waals surface area contributed by atoms with Gasteiger partial charge in [-0.3, -0.25) is 4.79 Å². The molecule has 0 unspecified atom stereocenters. The first-order chi connectivity index (χ1) is 11.5. The number of aryl methyl sites for hydroxylation is 1. The average Bonchev–Trinajstić information content (AvgIpc) is 3.01. The lowest BCUT2D eigenvalue weighted by Gasteiger charge is -2.40. The van der Waals surface area contributed by atoms with Crippen LogP contribution in [0.3, 0.4) is 0 Å². The van der Waals surface area contributed by atoms with Gasteiger partial charge in [-0.2, -0.15) is 0 Å². The fourth-order valence-electron chi connectivity index (χ4n) is 3.04. The molecule has 0 bridgehead atoms. The van der Waals surface area contributed by atoms with Gasteiger partial charge in [-0.1, -0.05) is 5.16 Å². The predicted molar refractivity (Wildman–Crippen MR) is 86.6 cm³/mol. The van der Waals surface area contributed by atoms with Gasteiger partial charge in [-0.15, -0.1) is 0 Å². The molecule has 1 fully saturated rings. The maximum absolute atomic E-state index is 12.4. The number of β-amino-alcohol motifs (C(OH)–C–C–N with tert-alkyl or cyclic N) is 1. The summed E-state index contributed by atoms with van der Waals surface area (Å²) >= 11 is 0. The Morgan fingerprint density at radius 1 is 1.46 bits per heavy atom. The van der Waals surface area contributed by atoms with E-state index in [-0.39, 0.29) is 18.1 Å². The van der Waals surface area contributed by atoms with Gasteiger partial charge in [0.15, 0.2) is 5.69 Å². The van der Waals surface area contributed by atoms with Gasteiger partial charge in [-0.25, -0.2) is 9.97 Å². The van der Waals surface area contributed by atoms with Crippen LogP contribution in [-0.4, -0.2) is 63.3 Å². The molecule has 0 aromatic carbocycles. The van der Waals surface area contributed by atoms with Crippen molar-refractivity contribution in [1.82, 2.24) is 20.0 Å². The first-order valence-electron chi connectivity index (χ1n) is 7.90. The summed E-state index contributed by atoms with van der Waals surface area (Å²) in [6.07, 6.45) is 4.78. The molecule has 128 valence electrons. The second-order valence-corrected chi connectivity index (χ2v) is 6.28. The minimum absolute atomic E-state index is 0.209. The van der Waals surface area contributed by atoms with Crippen molar-refractivity contribution in [3.05, 3.63) is 36.0 Å². The van der Waals surface area contributed by atoms with Crippen molar-refractivity contribution in [1.29, 1.82) is 0 Å². The van der Waals surface area contributed by atoms with Crippen molar-refractivity contribution >= 4 is 11.9 Å². The van der Waals surface area contributed by atoms with E-state index >= 15 is 0 Å². The Morgan fingerprint density at radius 3 is 2.88 bits per heavy atom. The van der Waals surface area contributed by atoms with Crippen LogP contribution in [0.25, 0.3) is 0 Å². The molecule has 0 aliphatic carbocycles. The molecule has 8 nitrogen and oxygen atoms in total. The monoisotopic (exact) mass is 331 g/mol. The number of hydrogen-bond acceptors (Lipinski definition) is 7. The highest BCUT2D eigenvalue weighted by Crippen LogP contribution is 2.25. The number of piperidine rings is 1. The molecule has 1 atom stereocenters. The molecule has 1 amide bonds. The molecule has 2 aromatic heterocycles. The quantitative estimate of drug-likeness (QED) is 0.888. The topological polar surface area (TPSA) is 95.6 Å². The molecule has 3 heterocycles. The van der Waals surface area contributed by atoms with Crippen LogP contribution in [0.1, 0.15) is 29.1 Å². The lowest BCUT2D eigenvalue weighted by atomic mass is 9.92. The standard InChI is InChI=1S/C16H21N5O3/c1-12-9-13(19-24-12)14(22)20(2)10-16(23)5-3-8-21(11-16)15-17-6-4-7-18-15/h4,6-7,9,23H,3,5,8,10-11H2,1-2H3/t16-/m1/s1. The molecule has 0 radical (unpaired) electrons. The molecule has 1 aliphatic heterocycles. The lowest BCUT2D eigenvalue weighted by molar-refractivity contribution is -0.000540. The van der Waals surface area contributed by atoms with Crippen LogP contribution in [-0.2, 0) is 0 Å². The van der Waals surface area contributed by atoms with Crippen LogP contribution in [0.5, 0.6) is 0 Å². The Labute approximate surface area is 140 Å². The van der Waals surface area contributed by atoms with Crippen LogP contribution >= 0.6 is 0 Å². The van der Waals surface area contributed by atoms with Crippen molar-refractivity contribution in [2.75, 3.05) is 31.6 Å². The fraction of sp³-hybridized carbons (Fsp3) is 0.500. The van der Waals surface area contributed by atoms with E-state index in [4.69, 9.17) is 4.52 Å². The summed E-state index contributed by atoms with van der Waals surface area (Å²) in [5, 5.41) is 14.7. The van der Waals surface area contributed by atoms with Gasteiger partial charge in [0, 0.05) is 32.1 Å². The number of amides is 1. The number of hydrogen-bond donors (Lipinski definition) is 1. The van der Waals surface area contributed by atoms with Gasteiger partial charge in [0.2, 0.25) is 5.95 Å². The number of anilines is 1. The van der Waals surface area contributed by atoms with E-state index in [2.05, 4.69) is 15.1 Å². The molecular weight excluding hydrogens is 310 g/mol. The van der Waals surface area contributed by atoms with Crippen molar-refractivity contribution in [2.45, 2.75) is 25.4 Å². The minimum Gasteiger partial charge on any atom is -0.386 e. The number of carbonyl (C=O) groups is 1. The lowest BCUT2D eigenvalue weighted by Crippen LogP contribution is -2.55. The normalized spacial score (nSPS) is 20.9. The molecule has 0 spiro atoms. The highest BCUT2D eigenvalue weighted by atomic mass is 16.5. The first-order valence-corrected chi connectivity index (χ1v) is 7.90. The van der Waals surface area contributed by atoms with E-state index < -0.39 is 5.60 Å². The zero-order chi connectivity index (χ0) is 17.2. The zero-order valence-electron chi connectivity index (χ0n) is 13.8. The van der Waals surface area contributed by atoms with E-state index in [1.807, 2.05) is 4.90 Å². The number of aromatic nitrogens is 3. The summed E-state index contributed by atoms with van der Waals surface area (Å²) in [4.78, 5) is 24.3. The smallest absolute Gasteiger partial charge is 0.275 e. The van der Waals surface area contributed by atoms with Gasteiger partial charge in [-0.05, 0) is 25.8 Å². The van der Waals surface area contributed by atoms with Crippen molar-refractivity contribution < 1.29 is 14.4 Å². The Bertz CT molecular complexity index is 705. The summed E-state index contributed by atoms with van der Waals surface area (Å²) in [5.74, 6) is 0.903. The number of nitrogens with zero attached hydrogens (tertiary/aromatic N) is 5. The second kappa shape index (κ2) is 6.56. The third kappa shape index (κ3) is 3.53. The predicted octanol–water partition coefficient (Wildman–Crippen LogP) is 0.877. The molecular formula is C16H21N5O3. The van der Waals surface area contributed by atoms with Crippen molar-refractivity contribution in [2.24, 2.45) is 0 Å². The molecule has 2 aromatic rings. The average molecular weight is 331 g/mol. The van der Waals surface area contributed by atoms with E-state index in [9.17, 15) is 9.90 Å². The number of carbonyl (C=O) groups excluding carboxylic acids is 1. The summed E-state index contributed by atoms with van der Waals surface area (Å²) in [6, 6.07) is 3.35. The van der Waals surface area contributed by atoms with Crippen LogP contribution < -0.4 is 4.90 Å². The van der Waals surface area contributed by atoms with Crippen LogP contribution in [0, 0.1) is 6.92 Å². The molecule has 1 aliphatic rings. The van der Waals surface area contributed by atoms with Crippen molar-refractivity contribution in [3.63, 3.8) is 0 Å². The largest absolute Gasteiger partial charge is 0.386 e. The number of rotatable bonds is 4. The van der Waals surface area contributed by atoms with Crippen LogP contribution in [0.2, 0.25) is 0 Å². The number of likely N-dealkylation sites (N-methyl/N-ethyl adjacent to an activating group) is 1. The Kier molecular flexibility index (Phi) is 4.48. The van der Waals surface area contributed by atoms with Gasteiger partial charge in [0.1, 0.15) is 5.76 Å². The SMILES string of the molecule is Cc1cc(C(=O)N(C)C[C@]2(O)CCCN(c3ncccn3)C2)no1. The summed E-state index contributed by atoms with van der Waals surface area (Å²) < 4.78 is 4.94. The molecule has 3 rings (SSSR count). The highest BCUT2D eigenvalue weighted by Gasteiger charge is 2.36. The van der Waals surface area contributed by atoms with Gasteiger partial charge in [0.05, 0.1) is 18.7 Å². The summed E-state index contributed by atoms with van der Waals surface area (Å²) in [6.45, 7) is 3.11. The molecule has 8 heteroatoms. The highest BCUT2D eigenvalue weighted by molar-refractivity contribution is 5.92. The Balaban J connectivity index is 1.67. The van der Waals surface area contributed by atoms with Gasteiger partial charge < -0.3 is 19.4 Å². The van der Waals surface area contributed by atoms with Gasteiger partial charge in [0.25, 0.3) is 5.91 Å². The minimum atomic E-state index is -1.01. The second-order valence-electron chi connectivity index (χ2n) is 6.28. The van der Waals surface area contributed by atoms with Crippen molar-refractivity contribution in [3.8, 4) is 0 Å². The third-order valence-corrected chi connectivity index (χ3v) is 4.12. The van der Waals surface area contributed by atoms with Gasteiger partial charge >= 0.3 is 0 Å². The first kappa shape index (κ1) is 16.4. The van der Waals surface area contributed by atoms with E-state index in [1.165, 1.54) is 4.90 Å². The van der Waals surface area contributed by atoms with E-state index in [0.29, 0.717) is 24.7 Å². The van der Waals surface area contributed by atoms with Crippen LogP contribution in [0.4, 0.5) is 5.95 Å². The Hall–Kier alpha value is -2.48. The van der Waals surface area contributed by atoms with Crippen LogP contribution in [0.15, 0.2) is 29.0 Å². The number of aliphatic hydroxyl groups is 1. The van der Waals surface area contributed by atoms with E-state index in [0.717, 1.165) is 13.0 Å². The molecule has 24 heavy (non-hydrogen) atoms. The molecule has 1 N–H and O–H groups in total. The van der Waals surface area contributed by atoms with E-state index in [1.54, 1.807) is 38.5 Å². The fourth-order valence-corrected chi connectivity index (χ4v) is 3.04. The third-order valence-electron chi connectivity index (χ3n) is 4.12. The Morgan fingerprint density at radius 2 is 2.21 bits per heavy atom. The molecule has 0 saturated carbocycles. The maximum Gasteiger partial charge on any atom is 0.275 e. The summed E-state index contributed by atoms with van der Waals surface area (Å²) in [7, 11) is 1.66.